The standard InChI is InChI=1S/C12H22N2O5/c1-9(2)5-13(6-11(16)17)12(18)14-3-4-19-8-10(14)7-15/h9-10,15H,3-8H2,1-2H3,(H,16,17). The van der Waals surface area contributed by atoms with Crippen molar-refractivity contribution in [2.24, 2.45) is 5.92 Å². The SMILES string of the molecule is CC(C)CN(CC(=O)O)C(=O)N1CCOCC1CO. The van der Waals surface area contributed by atoms with Crippen LogP contribution in [0.1, 0.15) is 13.8 Å². The Morgan fingerprint density at radius 3 is 2.68 bits per heavy atom. The maximum atomic E-state index is 12.4. The highest BCUT2D eigenvalue weighted by molar-refractivity contribution is 5.80. The molecular formula is C12H22N2O5. The molecule has 1 unspecified atom stereocenters. The quantitative estimate of drug-likeness (QED) is 0.727. The zero-order valence-corrected chi connectivity index (χ0v) is 11.4. The number of aliphatic hydroxyl groups excluding tert-OH is 1. The number of amides is 2. The van der Waals surface area contributed by atoms with Gasteiger partial charge in [0.05, 0.1) is 25.9 Å². The van der Waals surface area contributed by atoms with E-state index in [4.69, 9.17) is 9.84 Å². The number of morpholine rings is 1. The van der Waals surface area contributed by atoms with E-state index in [1.165, 1.54) is 9.80 Å². The van der Waals surface area contributed by atoms with Crippen molar-refractivity contribution >= 4 is 12.0 Å². The maximum Gasteiger partial charge on any atom is 0.323 e. The number of carboxylic acids is 1. The summed E-state index contributed by atoms with van der Waals surface area (Å²) in [5.74, 6) is -0.861. The predicted molar refractivity (Wildman–Crippen MR) is 67.8 cm³/mol. The molecule has 2 N–H and O–H groups in total. The highest BCUT2D eigenvalue weighted by atomic mass is 16.5. The maximum absolute atomic E-state index is 12.4. The van der Waals surface area contributed by atoms with E-state index in [1.54, 1.807) is 0 Å². The van der Waals surface area contributed by atoms with Crippen LogP contribution in [0.25, 0.3) is 0 Å². The summed E-state index contributed by atoms with van der Waals surface area (Å²) in [6.07, 6.45) is 0. The molecule has 0 spiro atoms. The molecule has 7 nitrogen and oxygen atoms in total. The van der Waals surface area contributed by atoms with Crippen LogP contribution in [0.15, 0.2) is 0 Å². The molecule has 1 aliphatic heterocycles. The Kier molecular flexibility index (Phi) is 6.04. The molecule has 0 bridgehead atoms. The first-order valence-electron chi connectivity index (χ1n) is 6.41. The van der Waals surface area contributed by atoms with Crippen LogP contribution in [0.4, 0.5) is 4.79 Å². The van der Waals surface area contributed by atoms with E-state index < -0.39 is 12.0 Å². The molecule has 2 amide bonds. The third-order valence-corrected chi connectivity index (χ3v) is 2.87. The molecule has 0 aliphatic carbocycles. The minimum Gasteiger partial charge on any atom is -0.480 e. The summed E-state index contributed by atoms with van der Waals surface area (Å²) < 4.78 is 5.21. The van der Waals surface area contributed by atoms with Crippen molar-refractivity contribution in [3.8, 4) is 0 Å². The summed E-state index contributed by atoms with van der Waals surface area (Å²) in [4.78, 5) is 26.0. The molecule has 1 rings (SSSR count). The van der Waals surface area contributed by atoms with Crippen molar-refractivity contribution in [2.45, 2.75) is 19.9 Å². The monoisotopic (exact) mass is 274 g/mol. The van der Waals surface area contributed by atoms with Crippen molar-refractivity contribution in [1.29, 1.82) is 0 Å². The van der Waals surface area contributed by atoms with Crippen molar-refractivity contribution in [3.63, 3.8) is 0 Å². The summed E-state index contributed by atoms with van der Waals surface area (Å²) in [5.41, 5.74) is 0. The van der Waals surface area contributed by atoms with E-state index in [9.17, 15) is 14.7 Å². The van der Waals surface area contributed by atoms with Crippen molar-refractivity contribution in [3.05, 3.63) is 0 Å². The van der Waals surface area contributed by atoms with E-state index in [-0.39, 0.29) is 31.7 Å². The van der Waals surface area contributed by atoms with E-state index in [0.29, 0.717) is 19.7 Å². The normalized spacial score (nSPS) is 19.6. The number of aliphatic hydroxyl groups is 1. The average molecular weight is 274 g/mol. The van der Waals surface area contributed by atoms with Gasteiger partial charge in [0, 0.05) is 13.1 Å². The highest BCUT2D eigenvalue weighted by Crippen LogP contribution is 2.11. The van der Waals surface area contributed by atoms with Gasteiger partial charge < -0.3 is 24.7 Å². The molecule has 19 heavy (non-hydrogen) atoms. The van der Waals surface area contributed by atoms with Gasteiger partial charge in [0.2, 0.25) is 0 Å². The minimum absolute atomic E-state index is 0.178. The van der Waals surface area contributed by atoms with Crippen LogP contribution in [0.3, 0.4) is 0 Å². The molecule has 0 saturated carbocycles. The summed E-state index contributed by atoms with van der Waals surface area (Å²) in [6, 6.07) is -0.747. The molecule has 0 aromatic carbocycles. The van der Waals surface area contributed by atoms with E-state index in [2.05, 4.69) is 0 Å². The lowest BCUT2D eigenvalue weighted by Gasteiger charge is -2.38. The number of nitrogens with zero attached hydrogens (tertiary/aromatic N) is 2. The van der Waals surface area contributed by atoms with Crippen LogP contribution in [0.2, 0.25) is 0 Å². The number of hydrogen-bond donors (Lipinski definition) is 2. The minimum atomic E-state index is -1.04. The molecule has 1 heterocycles. The third kappa shape index (κ3) is 4.68. The lowest BCUT2D eigenvalue weighted by molar-refractivity contribution is -0.138. The van der Waals surface area contributed by atoms with Gasteiger partial charge in [-0.3, -0.25) is 4.79 Å². The number of urea groups is 1. The lowest BCUT2D eigenvalue weighted by atomic mass is 10.2. The Labute approximate surface area is 112 Å². The Bertz CT molecular complexity index is 321. The molecule has 1 aliphatic rings. The van der Waals surface area contributed by atoms with Crippen LogP contribution in [-0.4, -0.2) is 77.5 Å². The molecule has 7 heteroatoms. The molecule has 0 aromatic rings. The predicted octanol–water partition coefficient (Wildman–Crippen LogP) is -0.158. The van der Waals surface area contributed by atoms with Crippen LogP contribution < -0.4 is 0 Å². The Morgan fingerprint density at radius 2 is 2.16 bits per heavy atom. The van der Waals surface area contributed by atoms with Gasteiger partial charge in [-0.25, -0.2) is 4.79 Å². The second-order valence-corrected chi connectivity index (χ2v) is 5.06. The Balaban J connectivity index is 2.75. The first-order valence-corrected chi connectivity index (χ1v) is 6.41. The summed E-state index contributed by atoms with van der Waals surface area (Å²) >= 11 is 0. The third-order valence-electron chi connectivity index (χ3n) is 2.87. The molecule has 1 fully saturated rings. The molecule has 0 aromatic heterocycles. The summed E-state index contributed by atoms with van der Waals surface area (Å²) in [5, 5.41) is 18.1. The first-order chi connectivity index (χ1) is 8.95. The van der Waals surface area contributed by atoms with Gasteiger partial charge in [0.1, 0.15) is 6.54 Å². The Hall–Kier alpha value is -1.34. The fourth-order valence-electron chi connectivity index (χ4n) is 2.05. The van der Waals surface area contributed by atoms with E-state index >= 15 is 0 Å². The molecule has 1 atom stereocenters. The second-order valence-electron chi connectivity index (χ2n) is 5.06. The van der Waals surface area contributed by atoms with Crippen LogP contribution in [0, 0.1) is 5.92 Å². The largest absolute Gasteiger partial charge is 0.480 e. The van der Waals surface area contributed by atoms with Crippen LogP contribution >= 0.6 is 0 Å². The number of ether oxygens (including phenoxy) is 1. The number of carbonyl (C=O) groups is 2. The van der Waals surface area contributed by atoms with Crippen LogP contribution in [-0.2, 0) is 9.53 Å². The lowest BCUT2D eigenvalue weighted by Crippen LogP contribution is -2.56. The van der Waals surface area contributed by atoms with Crippen LogP contribution in [0.5, 0.6) is 0 Å². The topological polar surface area (TPSA) is 90.3 Å². The zero-order valence-electron chi connectivity index (χ0n) is 11.4. The first kappa shape index (κ1) is 15.7. The number of aliphatic carboxylic acids is 1. The number of carbonyl (C=O) groups excluding carboxylic acids is 1. The smallest absolute Gasteiger partial charge is 0.323 e. The average Bonchev–Trinajstić information content (AvgIpc) is 2.36. The fraction of sp³-hybridized carbons (Fsp3) is 0.833. The van der Waals surface area contributed by atoms with Gasteiger partial charge >= 0.3 is 12.0 Å². The van der Waals surface area contributed by atoms with Gasteiger partial charge in [0.15, 0.2) is 0 Å². The van der Waals surface area contributed by atoms with Crippen molar-refractivity contribution in [2.75, 3.05) is 39.5 Å². The van der Waals surface area contributed by atoms with Crippen molar-refractivity contribution < 1.29 is 24.5 Å². The van der Waals surface area contributed by atoms with Gasteiger partial charge in [-0.05, 0) is 5.92 Å². The van der Waals surface area contributed by atoms with Gasteiger partial charge in [-0.1, -0.05) is 13.8 Å². The summed E-state index contributed by atoms with van der Waals surface area (Å²) in [7, 11) is 0. The number of hydrogen-bond acceptors (Lipinski definition) is 4. The molecule has 110 valence electrons. The Morgan fingerprint density at radius 1 is 1.47 bits per heavy atom. The fourth-order valence-corrected chi connectivity index (χ4v) is 2.05. The summed E-state index contributed by atoms with van der Waals surface area (Å²) in [6.45, 7) is 4.77. The van der Waals surface area contributed by atoms with Crippen molar-refractivity contribution in [1.82, 2.24) is 9.80 Å². The second kappa shape index (κ2) is 7.30. The van der Waals surface area contributed by atoms with Gasteiger partial charge in [-0.15, -0.1) is 0 Å². The van der Waals surface area contributed by atoms with Gasteiger partial charge in [-0.2, -0.15) is 0 Å². The molecular weight excluding hydrogens is 252 g/mol. The van der Waals surface area contributed by atoms with E-state index in [0.717, 1.165) is 0 Å². The zero-order chi connectivity index (χ0) is 14.4. The van der Waals surface area contributed by atoms with E-state index in [1.807, 2.05) is 13.8 Å². The number of carboxylic acid groups (broad SMARTS) is 1. The molecule has 1 saturated heterocycles. The number of rotatable bonds is 5. The van der Waals surface area contributed by atoms with Gasteiger partial charge in [0.25, 0.3) is 0 Å². The molecule has 0 radical (unpaired) electrons. The highest BCUT2D eigenvalue weighted by Gasteiger charge is 2.31.